The van der Waals surface area contributed by atoms with Crippen LogP contribution >= 0.6 is 0 Å². The molecule has 2 aliphatic heterocycles. The summed E-state index contributed by atoms with van der Waals surface area (Å²) in [7, 11) is 3.26. The Balaban J connectivity index is 1.52. The second-order valence-corrected chi connectivity index (χ2v) is 10.5. The van der Waals surface area contributed by atoms with Crippen LogP contribution < -0.4 is 14.8 Å². The second-order valence-electron chi connectivity index (χ2n) is 10.5. The lowest BCUT2D eigenvalue weighted by Crippen LogP contribution is -2.66. The van der Waals surface area contributed by atoms with E-state index in [1.54, 1.807) is 14.2 Å². The van der Waals surface area contributed by atoms with E-state index in [2.05, 4.69) is 18.3 Å². The molecule has 8 heteroatoms. The molecule has 8 nitrogen and oxygen atoms in total. The predicted molar refractivity (Wildman–Crippen MR) is 155 cm³/mol. The zero-order chi connectivity index (χ0) is 28.2. The summed E-state index contributed by atoms with van der Waals surface area (Å²) in [4.78, 5) is 32.9. The number of hydrogen-bond donors (Lipinski definition) is 1. The highest BCUT2D eigenvalue weighted by Crippen LogP contribution is 2.41. The van der Waals surface area contributed by atoms with Crippen molar-refractivity contribution in [2.45, 2.75) is 59.0 Å². The molecule has 210 valence electrons. The SMILES string of the molecule is CC/C=C1\CN(Cc2cc(OC)cc(OC)c2)C(=O)N(CC)C12CCN(C(=O)Nc1cc(C)ccc1C)CC2. The molecule has 4 rings (SSSR count). The van der Waals surface area contributed by atoms with Crippen molar-refractivity contribution in [3.8, 4) is 11.5 Å². The Morgan fingerprint density at radius 3 is 2.28 bits per heavy atom. The largest absolute Gasteiger partial charge is 0.497 e. The number of allylic oxidation sites excluding steroid dienone is 1. The first-order chi connectivity index (χ1) is 18.7. The normalized spacial score (nSPS) is 18.1. The number of piperidine rings is 1. The van der Waals surface area contributed by atoms with Crippen LogP contribution in [-0.2, 0) is 6.54 Å². The van der Waals surface area contributed by atoms with Crippen molar-refractivity contribution in [1.82, 2.24) is 14.7 Å². The van der Waals surface area contributed by atoms with Gasteiger partial charge in [0.15, 0.2) is 0 Å². The van der Waals surface area contributed by atoms with E-state index in [0.717, 1.165) is 41.6 Å². The number of rotatable bonds is 7. The van der Waals surface area contributed by atoms with Gasteiger partial charge in [-0.1, -0.05) is 25.1 Å². The highest BCUT2D eigenvalue weighted by molar-refractivity contribution is 5.90. The Morgan fingerprint density at radius 1 is 1.03 bits per heavy atom. The van der Waals surface area contributed by atoms with E-state index in [0.29, 0.717) is 44.2 Å². The number of likely N-dealkylation sites (tertiary alicyclic amines) is 1. The van der Waals surface area contributed by atoms with E-state index in [1.165, 1.54) is 5.57 Å². The molecule has 0 aliphatic carbocycles. The smallest absolute Gasteiger partial charge is 0.321 e. The van der Waals surface area contributed by atoms with Crippen molar-refractivity contribution in [1.29, 1.82) is 0 Å². The monoisotopic (exact) mass is 534 g/mol. The number of benzene rings is 2. The molecular formula is C31H42N4O4. The Bertz CT molecular complexity index is 1210. The van der Waals surface area contributed by atoms with Crippen LogP contribution in [0.25, 0.3) is 0 Å². The van der Waals surface area contributed by atoms with Gasteiger partial charge in [-0.25, -0.2) is 9.59 Å². The molecule has 2 aromatic rings. The Kier molecular flexibility index (Phi) is 8.73. The number of likely N-dealkylation sites (N-methyl/N-ethyl adjacent to an activating group) is 1. The van der Waals surface area contributed by atoms with Gasteiger partial charge in [0.05, 0.1) is 19.8 Å². The molecule has 1 spiro atoms. The second kappa shape index (κ2) is 12.0. The Hall–Kier alpha value is -3.68. The molecule has 0 saturated carbocycles. The number of anilines is 1. The molecule has 2 fully saturated rings. The molecular weight excluding hydrogens is 492 g/mol. The first-order valence-electron chi connectivity index (χ1n) is 13.9. The maximum absolute atomic E-state index is 13.9. The average Bonchev–Trinajstić information content (AvgIpc) is 2.94. The van der Waals surface area contributed by atoms with Gasteiger partial charge >= 0.3 is 12.1 Å². The first kappa shape index (κ1) is 28.3. The molecule has 2 aromatic carbocycles. The zero-order valence-corrected chi connectivity index (χ0v) is 24.2. The molecule has 4 amide bonds. The number of methoxy groups -OCH3 is 2. The minimum Gasteiger partial charge on any atom is -0.497 e. The summed E-state index contributed by atoms with van der Waals surface area (Å²) in [6.45, 7) is 11.0. The molecule has 0 unspecified atom stereocenters. The Morgan fingerprint density at radius 2 is 1.69 bits per heavy atom. The molecule has 0 bridgehead atoms. The minimum atomic E-state index is -0.375. The van der Waals surface area contributed by atoms with Gasteiger partial charge in [-0.2, -0.15) is 0 Å². The van der Waals surface area contributed by atoms with Gasteiger partial charge < -0.3 is 29.5 Å². The highest BCUT2D eigenvalue weighted by atomic mass is 16.5. The highest BCUT2D eigenvalue weighted by Gasteiger charge is 2.49. The number of nitrogens with one attached hydrogen (secondary N) is 1. The summed E-state index contributed by atoms with van der Waals surface area (Å²) in [5, 5.41) is 3.10. The van der Waals surface area contributed by atoms with E-state index in [4.69, 9.17) is 9.47 Å². The van der Waals surface area contributed by atoms with E-state index in [1.807, 2.05) is 71.9 Å². The summed E-state index contributed by atoms with van der Waals surface area (Å²) >= 11 is 0. The van der Waals surface area contributed by atoms with Crippen molar-refractivity contribution in [3.63, 3.8) is 0 Å². The predicted octanol–water partition coefficient (Wildman–Crippen LogP) is 5.98. The third-order valence-electron chi connectivity index (χ3n) is 8.04. The van der Waals surface area contributed by atoms with Gasteiger partial charge in [0.2, 0.25) is 0 Å². The van der Waals surface area contributed by atoms with Gasteiger partial charge in [-0.05, 0) is 80.5 Å². The van der Waals surface area contributed by atoms with Gasteiger partial charge in [0.25, 0.3) is 0 Å². The van der Waals surface area contributed by atoms with Crippen LogP contribution in [-0.4, -0.2) is 72.7 Å². The third-order valence-corrected chi connectivity index (χ3v) is 8.04. The van der Waals surface area contributed by atoms with Crippen LogP contribution in [0.3, 0.4) is 0 Å². The van der Waals surface area contributed by atoms with Gasteiger partial charge in [0, 0.05) is 44.5 Å². The Labute approximate surface area is 232 Å². The third kappa shape index (κ3) is 5.84. The quantitative estimate of drug-likeness (QED) is 0.444. The molecule has 2 saturated heterocycles. The van der Waals surface area contributed by atoms with Gasteiger partial charge in [-0.3, -0.25) is 0 Å². The average molecular weight is 535 g/mol. The molecule has 0 aromatic heterocycles. The molecule has 2 aliphatic rings. The van der Waals surface area contributed by atoms with E-state index < -0.39 is 0 Å². The number of aryl methyl sites for hydroxylation is 2. The fourth-order valence-electron chi connectivity index (χ4n) is 5.92. The zero-order valence-electron chi connectivity index (χ0n) is 24.2. The fourth-order valence-corrected chi connectivity index (χ4v) is 5.92. The topological polar surface area (TPSA) is 74.4 Å². The van der Waals surface area contributed by atoms with E-state index in [9.17, 15) is 9.59 Å². The lowest BCUT2D eigenvalue weighted by Gasteiger charge is -2.55. The van der Waals surface area contributed by atoms with Crippen LogP contribution in [0.15, 0.2) is 48.0 Å². The number of hydrogen-bond acceptors (Lipinski definition) is 4. The standard InChI is InChI=1S/C31H42N4O4/c1-7-9-25-21-34(20-24-17-26(38-5)19-27(18-24)39-6)30(37)35(8-2)31(25)12-14-33(15-13-31)29(36)32-28-16-22(3)10-11-23(28)4/h9-11,16-19H,7-8,12-15,20-21H2,1-6H3,(H,32,36)/b25-9+. The fraction of sp³-hybridized carbons (Fsp3) is 0.484. The summed E-state index contributed by atoms with van der Waals surface area (Å²) in [6, 6.07) is 11.8. The van der Waals surface area contributed by atoms with Gasteiger partial charge in [0.1, 0.15) is 11.5 Å². The molecule has 2 heterocycles. The number of amides is 4. The summed E-state index contributed by atoms with van der Waals surface area (Å²) in [6.07, 6.45) is 4.61. The molecule has 0 radical (unpaired) electrons. The van der Waals surface area contributed by atoms with Gasteiger partial charge in [-0.15, -0.1) is 0 Å². The number of ether oxygens (including phenoxy) is 2. The van der Waals surface area contributed by atoms with Crippen molar-refractivity contribution in [2.24, 2.45) is 0 Å². The summed E-state index contributed by atoms with van der Waals surface area (Å²) < 4.78 is 10.9. The van der Waals surface area contributed by atoms with Crippen LogP contribution in [0, 0.1) is 13.8 Å². The summed E-state index contributed by atoms with van der Waals surface area (Å²) in [5.41, 5.74) is 4.84. The van der Waals surface area contributed by atoms with Crippen molar-refractivity contribution in [3.05, 3.63) is 64.7 Å². The molecule has 39 heavy (non-hydrogen) atoms. The van der Waals surface area contributed by atoms with Crippen molar-refractivity contribution < 1.29 is 19.1 Å². The number of carbonyl (C=O) groups excluding carboxylic acids is 2. The number of carbonyl (C=O) groups is 2. The van der Waals surface area contributed by atoms with Crippen LogP contribution in [0.1, 0.15) is 49.8 Å². The van der Waals surface area contributed by atoms with E-state index >= 15 is 0 Å². The molecule has 1 N–H and O–H groups in total. The lowest BCUT2D eigenvalue weighted by atomic mass is 9.76. The van der Waals surface area contributed by atoms with E-state index in [-0.39, 0.29) is 17.6 Å². The number of urea groups is 2. The maximum Gasteiger partial charge on any atom is 0.321 e. The van der Waals surface area contributed by atoms with Crippen molar-refractivity contribution in [2.75, 3.05) is 45.7 Å². The lowest BCUT2D eigenvalue weighted by molar-refractivity contribution is 0.0418. The molecule has 0 atom stereocenters. The van der Waals surface area contributed by atoms with Crippen LogP contribution in [0.4, 0.5) is 15.3 Å². The summed E-state index contributed by atoms with van der Waals surface area (Å²) in [5.74, 6) is 1.40. The van der Waals surface area contributed by atoms with Crippen LogP contribution in [0.2, 0.25) is 0 Å². The number of nitrogens with zero attached hydrogens (tertiary/aromatic N) is 3. The first-order valence-corrected chi connectivity index (χ1v) is 13.9. The minimum absolute atomic E-state index is 0.0285. The maximum atomic E-state index is 13.9. The van der Waals surface area contributed by atoms with Crippen LogP contribution in [0.5, 0.6) is 11.5 Å². The van der Waals surface area contributed by atoms with Crippen molar-refractivity contribution >= 4 is 17.7 Å².